The summed E-state index contributed by atoms with van der Waals surface area (Å²) in [6.07, 6.45) is 3.17. The second-order valence-corrected chi connectivity index (χ2v) is 5.69. The van der Waals surface area contributed by atoms with Gasteiger partial charge in [0, 0.05) is 5.69 Å². The summed E-state index contributed by atoms with van der Waals surface area (Å²) in [6, 6.07) is 13.7. The van der Waals surface area contributed by atoms with Crippen molar-refractivity contribution in [3.05, 3.63) is 59.9 Å². The Balaban J connectivity index is 1.73. The van der Waals surface area contributed by atoms with E-state index in [1.165, 1.54) is 6.33 Å². The average molecular weight is 335 g/mol. The molecule has 1 heterocycles. The van der Waals surface area contributed by atoms with Crippen LogP contribution in [0.3, 0.4) is 0 Å². The van der Waals surface area contributed by atoms with Gasteiger partial charge in [0.1, 0.15) is 6.33 Å². The number of anilines is 1. The van der Waals surface area contributed by atoms with Crippen LogP contribution in [0.2, 0.25) is 0 Å². The molecular weight excluding hydrogens is 314 g/mol. The molecule has 1 amide bonds. The third kappa shape index (κ3) is 3.76. The summed E-state index contributed by atoms with van der Waals surface area (Å²) in [5.41, 5.74) is 3.94. The molecule has 0 radical (unpaired) electrons. The number of nitrogens with one attached hydrogen (secondary N) is 1. The molecule has 0 aliphatic carbocycles. The first-order valence-corrected chi connectivity index (χ1v) is 8.46. The number of benzene rings is 2. The van der Waals surface area contributed by atoms with E-state index in [1.807, 2.05) is 42.5 Å². The summed E-state index contributed by atoms with van der Waals surface area (Å²) >= 11 is 0. The standard InChI is InChI=1S/C20H21N3O2/c1-3-14-8-7-9-15(4-2)19(14)23-18(24)12-25-20-16-10-5-6-11-17(16)21-13-22-20/h5-11,13H,3-4,12H2,1-2H3,(H,23,24). The highest BCUT2D eigenvalue weighted by Gasteiger charge is 2.12. The number of amides is 1. The number of para-hydroxylation sites is 2. The van der Waals surface area contributed by atoms with Gasteiger partial charge in [-0.3, -0.25) is 4.79 Å². The number of aryl methyl sites for hydroxylation is 2. The van der Waals surface area contributed by atoms with E-state index in [0.29, 0.717) is 5.88 Å². The highest BCUT2D eigenvalue weighted by molar-refractivity contribution is 5.94. The van der Waals surface area contributed by atoms with Gasteiger partial charge in [-0.25, -0.2) is 9.97 Å². The van der Waals surface area contributed by atoms with Crippen LogP contribution in [0.4, 0.5) is 5.69 Å². The number of aromatic nitrogens is 2. The molecule has 5 heteroatoms. The normalized spacial score (nSPS) is 10.6. The van der Waals surface area contributed by atoms with Gasteiger partial charge in [0.15, 0.2) is 6.61 Å². The molecule has 25 heavy (non-hydrogen) atoms. The lowest BCUT2D eigenvalue weighted by atomic mass is 10.0. The maximum absolute atomic E-state index is 12.4. The number of carbonyl (C=O) groups is 1. The molecule has 0 unspecified atom stereocenters. The minimum absolute atomic E-state index is 0.0950. The molecule has 0 saturated heterocycles. The van der Waals surface area contributed by atoms with E-state index in [9.17, 15) is 4.79 Å². The molecule has 5 nitrogen and oxygen atoms in total. The van der Waals surface area contributed by atoms with Crippen molar-refractivity contribution in [3.8, 4) is 5.88 Å². The molecule has 0 aliphatic heterocycles. The average Bonchev–Trinajstić information content (AvgIpc) is 2.66. The van der Waals surface area contributed by atoms with Gasteiger partial charge in [-0.05, 0) is 36.1 Å². The third-order valence-electron chi connectivity index (χ3n) is 4.11. The Labute approximate surface area is 147 Å². The predicted octanol–water partition coefficient (Wildman–Crippen LogP) is 3.77. The van der Waals surface area contributed by atoms with Crippen LogP contribution in [-0.2, 0) is 17.6 Å². The summed E-state index contributed by atoms with van der Waals surface area (Å²) in [7, 11) is 0. The molecule has 128 valence electrons. The van der Waals surface area contributed by atoms with Gasteiger partial charge in [0.25, 0.3) is 5.91 Å². The monoisotopic (exact) mass is 335 g/mol. The zero-order valence-electron chi connectivity index (χ0n) is 14.5. The van der Waals surface area contributed by atoms with Gasteiger partial charge in [-0.2, -0.15) is 0 Å². The van der Waals surface area contributed by atoms with Gasteiger partial charge < -0.3 is 10.1 Å². The third-order valence-corrected chi connectivity index (χ3v) is 4.11. The fourth-order valence-corrected chi connectivity index (χ4v) is 2.81. The molecule has 0 atom stereocenters. The number of carbonyl (C=O) groups excluding carboxylic acids is 1. The molecular formula is C20H21N3O2. The Morgan fingerprint density at radius 2 is 1.72 bits per heavy atom. The minimum Gasteiger partial charge on any atom is -0.467 e. The van der Waals surface area contributed by atoms with Crippen molar-refractivity contribution in [2.45, 2.75) is 26.7 Å². The van der Waals surface area contributed by atoms with Crippen LogP contribution in [0.1, 0.15) is 25.0 Å². The van der Waals surface area contributed by atoms with Crippen molar-refractivity contribution < 1.29 is 9.53 Å². The minimum atomic E-state index is -0.196. The van der Waals surface area contributed by atoms with E-state index in [2.05, 4.69) is 29.1 Å². The summed E-state index contributed by atoms with van der Waals surface area (Å²) < 4.78 is 5.64. The smallest absolute Gasteiger partial charge is 0.262 e. The van der Waals surface area contributed by atoms with Crippen LogP contribution >= 0.6 is 0 Å². The van der Waals surface area contributed by atoms with Crippen LogP contribution in [-0.4, -0.2) is 22.5 Å². The number of rotatable bonds is 6. The predicted molar refractivity (Wildman–Crippen MR) is 98.9 cm³/mol. The molecule has 0 bridgehead atoms. The summed E-state index contributed by atoms with van der Waals surface area (Å²) in [5, 5.41) is 3.78. The number of hydrogen-bond acceptors (Lipinski definition) is 4. The largest absolute Gasteiger partial charge is 0.467 e. The fourth-order valence-electron chi connectivity index (χ4n) is 2.81. The number of ether oxygens (including phenoxy) is 1. The summed E-state index contributed by atoms with van der Waals surface area (Å²) in [5.74, 6) is 0.221. The maximum Gasteiger partial charge on any atom is 0.262 e. The van der Waals surface area contributed by atoms with Gasteiger partial charge in [-0.15, -0.1) is 0 Å². The summed E-state index contributed by atoms with van der Waals surface area (Å²) in [4.78, 5) is 20.7. The maximum atomic E-state index is 12.4. The van der Waals surface area contributed by atoms with E-state index in [1.54, 1.807) is 0 Å². The van der Waals surface area contributed by atoms with Gasteiger partial charge >= 0.3 is 0 Å². The van der Waals surface area contributed by atoms with Gasteiger partial charge in [-0.1, -0.05) is 44.2 Å². The highest BCUT2D eigenvalue weighted by atomic mass is 16.5. The van der Waals surface area contributed by atoms with Crippen molar-refractivity contribution in [3.63, 3.8) is 0 Å². The first-order valence-electron chi connectivity index (χ1n) is 8.46. The molecule has 3 aromatic rings. The van der Waals surface area contributed by atoms with E-state index < -0.39 is 0 Å². The molecule has 0 saturated carbocycles. The van der Waals surface area contributed by atoms with Crippen LogP contribution in [0, 0.1) is 0 Å². The first-order chi connectivity index (χ1) is 12.2. The van der Waals surface area contributed by atoms with E-state index in [0.717, 1.165) is 40.6 Å². The highest BCUT2D eigenvalue weighted by Crippen LogP contribution is 2.23. The van der Waals surface area contributed by atoms with Crippen LogP contribution in [0.5, 0.6) is 5.88 Å². The Kier molecular flexibility index (Phi) is 5.23. The quantitative estimate of drug-likeness (QED) is 0.745. The topological polar surface area (TPSA) is 64.1 Å². The first kappa shape index (κ1) is 16.9. The van der Waals surface area contributed by atoms with Crippen molar-refractivity contribution in [2.24, 2.45) is 0 Å². The zero-order chi connectivity index (χ0) is 17.6. The SMILES string of the molecule is CCc1cccc(CC)c1NC(=O)COc1ncnc2ccccc12. The van der Waals surface area contributed by atoms with Crippen molar-refractivity contribution in [2.75, 3.05) is 11.9 Å². The summed E-state index contributed by atoms with van der Waals surface area (Å²) in [6.45, 7) is 4.06. The number of nitrogens with zero attached hydrogens (tertiary/aromatic N) is 2. The molecule has 1 aromatic heterocycles. The Morgan fingerprint density at radius 1 is 1.00 bits per heavy atom. The second kappa shape index (κ2) is 7.75. The molecule has 1 N–H and O–H groups in total. The molecule has 0 aliphatic rings. The van der Waals surface area contributed by atoms with Crippen LogP contribution < -0.4 is 10.1 Å². The molecule has 3 rings (SSSR count). The fraction of sp³-hybridized carbons (Fsp3) is 0.250. The van der Waals surface area contributed by atoms with E-state index in [4.69, 9.17) is 4.74 Å². The second-order valence-electron chi connectivity index (χ2n) is 5.69. The Hall–Kier alpha value is -2.95. The molecule has 0 fully saturated rings. The van der Waals surface area contributed by atoms with Crippen LogP contribution in [0.25, 0.3) is 10.9 Å². The molecule has 2 aromatic carbocycles. The van der Waals surface area contributed by atoms with Crippen LogP contribution in [0.15, 0.2) is 48.8 Å². The van der Waals surface area contributed by atoms with Crippen molar-refractivity contribution >= 4 is 22.5 Å². The van der Waals surface area contributed by atoms with Crippen molar-refractivity contribution in [1.82, 2.24) is 9.97 Å². The van der Waals surface area contributed by atoms with Crippen molar-refractivity contribution in [1.29, 1.82) is 0 Å². The lowest BCUT2D eigenvalue weighted by Gasteiger charge is -2.14. The lowest BCUT2D eigenvalue weighted by Crippen LogP contribution is -2.22. The number of fused-ring (bicyclic) bond motifs is 1. The Morgan fingerprint density at radius 3 is 2.44 bits per heavy atom. The molecule has 0 spiro atoms. The number of hydrogen-bond donors (Lipinski definition) is 1. The van der Waals surface area contributed by atoms with E-state index in [-0.39, 0.29) is 12.5 Å². The van der Waals surface area contributed by atoms with Gasteiger partial charge in [0.2, 0.25) is 5.88 Å². The van der Waals surface area contributed by atoms with Gasteiger partial charge in [0.05, 0.1) is 10.9 Å². The van der Waals surface area contributed by atoms with E-state index >= 15 is 0 Å². The lowest BCUT2D eigenvalue weighted by molar-refractivity contribution is -0.118. The zero-order valence-corrected chi connectivity index (χ0v) is 14.5. The Bertz CT molecular complexity index is 865.